The van der Waals surface area contributed by atoms with Gasteiger partial charge in [0.1, 0.15) is 11.6 Å². The molecule has 3 rings (SSSR count). The Hall–Kier alpha value is -0.960. The van der Waals surface area contributed by atoms with Crippen LogP contribution in [0.15, 0.2) is 18.2 Å². The molecule has 0 spiro atoms. The smallest absolute Gasteiger partial charge is 0.127 e. The van der Waals surface area contributed by atoms with Crippen molar-refractivity contribution in [2.24, 2.45) is 11.8 Å². The number of nitrogens with one attached hydrogen (secondary N) is 1. The van der Waals surface area contributed by atoms with E-state index in [1.165, 1.54) is 37.8 Å². The molecule has 0 heterocycles. The van der Waals surface area contributed by atoms with Gasteiger partial charge in [-0.05, 0) is 55.7 Å². The van der Waals surface area contributed by atoms with Crippen LogP contribution in [0, 0.1) is 23.5 Å². The van der Waals surface area contributed by atoms with Crippen LogP contribution in [0.1, 0.15) is 31.2 Å². The molecule has 1 aromatic carbocycles. The highest BCUT2D eigenvalue weighted by Gasteiger charge is 2.40. The Morgan fingerprint density at radius 2 is 1.76 bits per heavy atom. The Balaban J connectivity index is 1.63. The maximum atomic E-state index is 13.4. The fraction of sp³-hybridized carbons (Fsp3) is 0.571. The Kier molecular flexibility index (Phi) is 2.87. The lowest BCUT2D eigenvalue weighted by atomic mass is 10.1. The highest BCUT2D eigenvalue weighted by Crippen LogP contribution is 2.44. The van der Waals surface area contributed by atoms with Crippen LogP contribution in [0.3, 0.4) is 0 Å². The SMILES string of the molecule is Fc1ccc(F)c(CNC(C2CC2)C2CC2)c1. The molecule has 0 radical (unpaired) electrons. The number of benzene rings is 1. The van der Waals surface area contributed by atoms with Crippen molar-refractivity contribution in [3.05, 3.63) is 35.4 Å². The number of halogens is 2. The Bertz CT molecular complexity index is 399. The second-order valence-electron chi connectivity index (χ2n) is 5.32. The van der Waals surface area contributed by atoms with Crippen LogP contribution >= 0.6 is 0 Å². The van der Waals surface area contributed by atoms with Gasteiger partial charge < -0.3 is 5.32 Å². The first-order valence-corrected chi connectivity index (χ1v) is 6.41. The Morgan fingerprint density at radius 1 is 1.12 bits per heavy atom. The summed E-state index contributed by atoms with van der Waals surface area (Å²) in [7, 11) is 0. The lowest BCUT2D eigenvalue weighted by Crippen LogP contribution is -2.32. The van der Waals surface area contributed by atoms with E-state index in [0.717, 1.165) is 17.9 Å². The summed E-state index contributed by atoms with van der Waals surface area (Å²) in [5.41, 5.74) is 0.441. The minimum absolute atomic E-state index is 0.316. The first-order valence-electron chi connectivity index (χ1n) is 6.41. The summed E-state index contributed by atoms with van der Waals surface area (Å²) < 4.78 is 26.5. The molecule has 17 heavy (non-hydrogen) atoms. The van der Waals surface area contributed by atoms with Gasteiger partial charge in [0.2, 0.25) is 0 Å². The zero-order valence-corrected chi connectivity index (χ0v) is 9.76. The van der Waals surface area contributed by atoms with E-state index < -0.39 is 0 Å². The van der Waals surface area contributed by atoms with Crippen LogP contribution in [0.25, 0.3) is 0 Å². The average Bonchev–Trinajstić information content (AvgIpc) is 3.14. The second kappa shape index (κ2) is 4.37. The molecule has 2 aliphatic rings. The van der Waals surface area contributed by atoms with Crippen LogP contribution in [-0.2, 0) is 6.54 Å². The zero-order valence-electron chi connectivity index (χ0n) is 9.76. The predicted molar refractivity (Wildman–Crippen MR) is 62.4 cm³/mol. The first kappa shape index (κ1) is 11.1. The molecule has 0 aliphatic heterocycles. The van der Waals surface area contributed by atoms with E-state index in [4.69, 9.17) is 0 Å². The molecule has 2 aliphatic carbocycles. The summed E-state index contributed by atoms with van der Waals surface area (Å²) in [6, 6.07) is 4.19. The lowest BCUT2D eigenvalue weighted by Gasteiger charge is -2.17. The maximum absolute atomic E-state index is 13.4. The van der Waals surface area contributed by atoms with Crippen molar-refractivity contribution in [2.45, 2.75) is 38.3 Å². The zero-order chi connectivity index (χ0) is 11.8. The molecule has 0 saturated heterocycles. The van der Waals surface area contributed by atoms with E-state index in [2.05, 4.69) is 5.32 Å². The van der Waals surface area contributed by atoms with Crippen molar-refractivity contribution in [1.29, 1.82) is 0 Å². The third-order valence-corrected chi connectivity index (χ3v) is 3.80. The monoisotopic (exact) mass is 237 g/mol. The van der Waals surface area contributed by atoms with E-state index in [-0.39, 0.29) is 11.6 Å². The summed E-state index contributed by atoms with van der Waals surface area (Å²) in [5.74, 6) is 0.875. The van der Waals surface area contributed by atoms with Crippen LogP contribution in [0.4, 0.5) is 8.78 Å². The van der Waals surface area contributed by atoms with E-state index in [0.29, 0.717) is 18.2 Å². The predicted octanol–water partition coefficient (Wildman–Crippen LogP) is 3.24. The van der Waals surface area contributed by atoms with Gasteiger partial charge in [0.05, 0.1) is 0 Å². The molecule has 92 valence electrons. The first-order chi connectivity index (χ1) is 8.24. The summed E-state index contributed by atoms with van der Waals surface area (Å²) in [6.07, 6.45) is 5.17. The molecule has 2 fully saturated rings. The third-order valence-electron chi connectivity index (χ3n) is 3.80. The van der Waals surface area contributed by atoms with Gasteiger partial charge in [-0.3, -0.25) is 0 Å². The van der Waals surface area contributed by atoms with E-state index >= 15 is 0 Å². The van der Waals surface area contributed by atoms with E-state index in [9.17, 15) is 8.78 Å². The third kappa shape index (κ3) is 2.65. The van der Waals surface area contributed by atoms with Gasteiger partial charge in [0.25, 0.3) is 0 Å². The highest BCUT2D eigenvalue weighted by molar-refractivity contribution is 5.18. The fourth-order valence-electron chi connectivity index (χ4n) is 2.54. The molecule has 0 atom stereocenters. The standard InChI is InChI=1S/C14H17F2N/c15-12-5-6-13(16)11(7-12)8-17-14(9-1-2-9)10-3-4-10/h5-7,9-10,14,17H,1-4,8H2. The van der Waals surface area contributed by atoms with Crippen molar-refractivity contribution < 1.29 is 8.78 Å². The summed E-state index contributed by atoms with van der Waals surface area (Å²) in [4.78, 5) is 0. The van der Waals surface area contributed by atoms with Crippen molar-refractivity contribution >= 4 is 0 Å². The minimum atomic E-state index is -0.363. The highest BCUT2D eigenvalue weighted by atomic mass is 19.1. The maximum Gasteiger partial charge on any atom is 0.127 e. The van der Waals surface area contributed by atoms with Gasteiger partial charge in [-0.1, -0.05) is 0 Å². The van der Waals surface area contributed by atoms with Gasteiger partial charge in [-0.2, -0.15) is 0 Å². The quantitative estimate of drug-likeness (QED) is 0.829. The van der Waals surface area contributed by atoms with Gasteiger partial charge in [-0.25, -0.2) is 8.78 Å². The molecule has 0 bridgehead atoms. The number of rotatable bonds is 5. The topological polar surface area (TPSA) is 12.0 Å². The van der Waals surface area contributed by atoms with E-state index in [1.54, 1.807) is 0 Å². The van der Waals surface area contributed by atoms with Gasteiger partial charge in [0, 0.05) is 18.2 Å². The normalized spacial score (nSPS) is 19.9. The molecule has 0 unspecified atom stereocenters. The molecular weight excluding hydrogens is 220 g/mol. The molecule has 3 heteroatoms. The number of hydrogen-bond acceptors (Lipinski definition) is 1. The van der Waals surface area contributed by atoms with Crippen molar-refractivity contribution in [3.8, 4) is 0 Å². The molecule has 1 aromatic rings. The van der Waals surface area contributed by atoms with Crippen LogP contribution in [0.5, 0.6) is 0 Å². The Labute approximate surface area is 100 Å². The molecule has 0 aromatic heterocycles. The van der Waals surface area contributed by atoms with E-state index in [1.807, 2.05) is 0 Å². The molecule has 1 nitrogen and oxygen atoms in total. The summed E-state index contributed by atoms with van der Waals surface area (Å²) in [6.45, 7) is 0.446. The van der Waals surface area contributed by atoms with Gasteiger partial charge >= 0.3 is 0 Å². The largest absolute Gasteiger partial charge is 0.309 e. The summed E-state index contributed by atoms with van der Waals surface area (Å²) in [5, 5.41) is 3.42. The molecular formula is C14H17F2N. The van der Waals surface area contributed by atoms with Gasteiger partial charge in [0.15, 0.2) is 0 Å². The lowest BCUT2D eigenvalue weighted by molar-refractivity contribution is 0.410. The average molecular weight is 237 g/mol. The van der Waals surface area contributed by atoms with Crippen molar-refractivity contribution in [2.75, 3.05) is 0 Å². The second-order valence-corrected chi connectivity index (χ2v) is 5.32. The Morgan fingerprint density at radius 3 is 2.35 bits per heavy atom. The summed E-state index contributed by atoms with van der Waals surface area (Å²) >= 11 is 0. The van der Waals surface area contributed by atoms with Crippen molar-refractivity contribution in [3.63, 3.8) is 0 Å². The van der Waals surface area contributed by atoms with Crippen molar-refractivity contribution in [1.82, 2.24) is 5.32 Å². The van der Waals surface area contributed by atoms with Crippen LogP contribution < -0.4 is 5.32 Å². The fourth-order valence-corrected chi connectivity index (χ4v) is 2.54. The van der Waals surface area contributed by atoms with Gasteiger partial charge in [-0.15, -0.1) is 0 Å². The number of hydrogen-bond donors (Lipinski definition) is 1. The van der Waals surface area contributed by atoms with Crippen LogP contribution in [0.2, 0.25) is 0 Å². The minimum Gasteiger partial charge on any atom is -0.309 e. The van der Waals surface area contributed by atoms with Crippen LogP contribution in [-0.4, -0.2) is 6.04 Å². The molecule has 0 amide bonds. The molecule has 1 N–H and O–H groups in total. The molecule has 2 saturated carbocycles.